The van der Waals surface area contributed by atoms with Crippen molar-refractivity contribution in [3.05, 3.63) is 0 Å². The topological polar surface area (TPSA) is 63.6 Å². The molecule has 112 valence electrons. The zero-order valence-corrected chi connectivity index (χ0v) is 12.2. The molecule has 0 aliphatic rings. The van der Waals surface area contributed by atoms with E-state index >= 15 is 0 Å². The average Bonchev–Trinajstić information content (AvgIpc) is 2.37. The van der Waals surface area contributed by atoms with Gasteiger partial charge < -0.3 is 9.84 Å². The molecule has 0 aliphatic heterocycles. The average molecular weight is 272 g/mol. The summed E-state index contributed by atoms with van der Waals surface area (Å²) in [7, 11) is 0. The van der Waals surface area contributed by atoms with Gasteiger partial charge in [-0.3, -0.25) is 9.59 Å². The fourth-order valence-electron chi connectivity index (χ4n) is 1.86. The van der Waals surface area contributed by atoms with Crippen LogP contribution < -0.4 is 0 Å². The van der Waals surface area contributed by atoms with E-state index in [4.69, 9.17) is 9.84 Å². The van der Waals surface area contributed by atoms with Crippen LogP contribution in [0.2, 0.25) is 0 Å². The number of hydrogen-bond acceptors (Lipinski definition) is 3. The predicted molar refractivity (Wildman–Crippen MR) is 75.1 cm³/mol. The monoisotopic (exact) mass is 272 g/mol. The minimum Gasteiger partial charge on any atom is -0.481 e. The number of carbonyl (C=O) groups excluding carboxylic acids is 1. The van der Waals surface area contributed by atoms with E-state index in [1.807, 2.05) is 0 Å². The van der Waals surface area contributed by atoms with E-state index in [9.17, 15) is 9.59 Å². The Morgan fingerprint density at radius 1 is 0.842 bits per heavy atom. The Morgan fingerprint density at radius 3 is 2.05 bits per heavy atom. The standard InChI is InChI=1S/C15H28O4/c1-2-3-4-10-13-19-15(18)12-9-7-5-6-8-11-14(16)17/h2-13H2,1H3,(H,16,17). The quantitative estimate of drug-likeness (QED) is 0.407. The summed E-state index contributed by atoms with van der Waals surface area (Å²) in [6, 6.07) is 0. The van der Waals surface area contributed by atoms with E-state index in [0.717, 1.165) is 44.9 Å². The molecule has 0 bridgehead atoms. The molecule has 0 atom stereocenters. The highest BCUT2D eigenvalue weighted by atomic mass is 16.5. The number of carboxylic acid groups (broad SMARTS) is 1. The molecular weight excluding hydrogens is 244 g/mol. The van der Waals surface area contributed by atoms with E-state index in [1.165, 1.54) is 12.8 Å². The molecule has 0 spiro atoms. The van der Waals surface area contributed by atoms with Gasteiger partial charge in [0, 0.05) is 12.8 Å². The number of unbranched alkanes of at least 4 members (excludes halogenated alkanes) is 7. The van der Waals surface area contributed by atoms with Gasteiger partial charge in [0.05, 0.1) is 6.61 Å². The summed E-state index contributed by atoms with van der Waals surface area (Å²) in [5.74, 6) is -0.825. The van der Waals surface area contributed by atoms with Crippen molar-refractivity contribution in [1.29, 1.82) is 0 Å². The molecule has 0 aliphatic carbocycles. The Labute approximate surface area is 116 Å². The maximum Gasteiger partial charge on any atom is 0.305 e. The third kappa shape index (κ3) is 14.9. The van der Waals surface area contributed by atoms with Gasteiger partial charge in [-0.05, 0) is 19.3 Å². The summed E-state index contributed by atoms with van der Waals surface area (Å²) >= 11 is 0. The Kier molecular flexibility index (Phi) is 12.6. The van der Waals surface area contributed by atoms with Crippen molar-refractivity contribution in [2.75, 3.05) is 6.61 Å². The molecule has 4 nitrogen and oxygen atoms in total. The fraction of sp³-hybridized carbons (Fsp3) is 0.867. The van der Waals surface area contributed by atoms with Crippen molar-refractivity contribution >= 4 is 11.9 Å². The van der Waals surface area contributed by atoms with Crippen LogP contribution in [0.1, 0.15) is 77.6 Å². The van der Waals surface area contributed by atoms with Crippen LogP contribution in [-0.4, -0.2) is 23.7 Å². The maximum absolute atomic E-state index is 11.4. The molecule has 1 N–H and O–H groups in total. The Morgan fingerprint density at radius 2 is 1.42 bits per heavy atom. The predicted octanol–water partition coefficient (Wildman–Crippen LogP) is 3.93. The number of esters is 1. The van der Waals surface area contributed by atoms with E-state index in [-0.39, 0.29) is 12.4 Å². The van der Waals surface area contributed by atoms with Crippen LogP contribution in [0.15, 0.2) is 0 Å². The van der Waals surface area contributed by atoms with E-state index < -0.39 is 5.97 Å². The van der Waals surface area contributed by atoms with Crippen LogP contribution in [0.25, 0.3) is 0 Å². The van der Waals surface area contributed by atoms with Crippen LogP contribution in [0.3, 0.4) is 0 Å². The molecule has 0 amide bonds. The third-order valence-electron chi connectivity index (χ3n) is 3.03. The van der Waals surface area contributed by atoms with E-state index in [0.29, 0.717) is 13.0 Å². The van der Waals surface area contributed by atoms with Crippen LogP contribution in [0, 0.1) is 0 Å². The minimum atomic E-state index is -0.730. The van der Waals surface area contributed by atoms with Crippen LogP contribution in [0.4, 0.5) is 0 Å². The van der Waals surface area contributed by atoms with Gasteiger partial charge in [0.2, 0.25) is 0 Å². The highest BCUT2D eigenvalue weighted by Gasteiger charge is 2.02. The highest BCUT2D eigenvalue weighted by molar-refractivity contribution is 5.69. The van der Waals surface area contributed by atoms with E-state index in [2.05, 4.69) is 6.92 Å². The van der Waals surface area contributed by atoms with Crippen molar-refractivity contribution in [2.24, 2.45) is 0 Å². The zero-order valence-electron chi connectivity index (χ0n) is 12.2. The second kappa shape index (κ2) is 13.4. The molecular formula is C15H28O4. The lowest BCUT2D eigenvalue weighted by Gasteiger charge is -2.04. The number of aliphatic carboxylic acids is 1. The molecule has 0 rings (SSSR count). The number of rotatable bonds is 13. The Hall–Kier alpha value is -1.06. The molecule has 0 fully saturated rings. The minimum absolute atomic E-state index is 0.0953. The summed E-state index contributed by atoms with van der Waals surface area (Å²) in [6.07, 6.45) is 9.72. The molecule has 0 saturated carbocycles. The van der Waals surface area contributed by atoms with Crippen LogP contribution in [-0.2, 0) is 14.3 Å². The molecule has 19 heavy (non-hydrogen) atoms. The summed E-state index contributed by atoms with van der Waals surface area (Å²) in [6.45, 7) is 2.71. The van der Waals surface area contributed by atoms with E-state index in [1.54, 1.807) is 0 Å². The number of hydrogen-bond donors (Lipinski definition) is 1. The maximum atomic E-state index is 11.4. The molecule has 0 radical (unpaired) electrons. The van der Waals surface area contributed by atoms with Gasteiger partial charge in [-0.25, -0.2) is 0 Å². The Bertz CT molecular complexity index is 238. The molecule has 0 aromatic rings. The van der Waals surface area contributed by atoms with Crippen molar-refractivity contribution in [2.45, 2.75) is 77.6 Å². The first kappa shape index (κ1) is 17.9. The lowest BCUT2D eigenvalue weighted by atomic mass is 10.1. The summed E-state index contributed by atoms with van der Waals surface area (Å²) < 4.78 is 5.13. The second-order valence-electron chi connectivity index (χ2n) is 4.94. The van der Waals surface area contributed by atoms with Gasteiger partial charge in [0.25, 0.3) is 0 Å². The number of ether oxygens (including phenoxy) is 1. The highest BCUT2D eigenvalue weighted by Crippen LogP contribution is 2.08. The summed E-state index contributed by atoms with van der Waals surface area (Å²) in [5, 5.41) is 8.46. The zero-order chi connectivity index (χ0) is 14.3. The number of carboxylic acids is 1. The van der Waals surface area contributed by atoms with Crippen molar-refractivity contribution in [3.63, 3.8) is 0 Å². The fourth-order valence-corrected chi connectivity index (χ4v) is 1.86. The van der Waals surface area contributed by atoms with Crippen LogP contribution >= 0.6 is 0 Å². The third-order valence-corrected chi connectivity index (χ3v) is 3.03. The lowest BCUT2D eigenvalue weighted by Crippen LogP contribution is -2.05. The van der Waals surface area contributed by atoms with Crippen molar-refractivity contribution in [1.82, 2.24) is 0 Å². The first-order chi connectivity index (χ1) is 9.16. The molecule has 0 heterocycles. The van der Waals surface area contributed by atoms with Crippen molar-refractivity contribution < 1.29 is 19.4 Å². The molecule has 0 aromatic heterocycles. The van der Waals surface area contributed by atoms with Gasteiger partial charge >= 0.3 is 11.9 Å². The van der Waals surface area contributed by atoms with Gasteiger partial charge in [-0.2, -0.15) is 0 Å². The largest absolute Gasteiger partial charge is 0.481 e. The summed E-state index contributed by atoms with van der Waals surface area (Å²) in [5.41, 5.74) is 0. The van der Waals surface area contributed by atoms with Crippen molar-refractivity contribution in [3.8, 4) is 0 Å². The number of carbonyl (C=O) groups is 2. The van der Waals surface area contributed by atoms with Gasteiger partial charge in [0.15, 0.2) is 0 Å². The molecule has 0 saturated heterocycles. The smallest absolute Gasteiger partial charge is 0.305 e. The lowest BCUT2D eigenvalue weighted by molar-refractivity contribution is -0.144. The second-order valence-corrected chi connectivity index (χ2v) is 4.94. The summed E-state index contributed by atoms with van der Waals surface area (Å²) in [4.78, 5) is 21.6. The first-order valence-corrected chi connectivity index (χ1v) is 7.54. The molecule has 0 aromatic carbocycles. The van der Waals surface area contributed by atoms with Gasteiger partial charge in [-0.1, -0.05) is 45.4 Å². The van der Waals surface area contributed by atoms with Crippen LogP contribution in [0.5, 0.6) is 0 Å². The Balaban J connectivity index is 3.18. The van der Waals surface area contributed by atoms with Gasteiger partial charge in [-0.15, -0.1) is 0 Å². The van der Waals surface area contributed by atoms with Gasteiger partial charge in [0.1, 0.15) is 0 Å². The first-order valence-electron chi connectivity index (χ1n) is 7.54. The molecule has 0 unspecified atom stereocenters. The normalized spacial score (nSPS) is 10.4. The molecule has 4 heteroatoms. The SMILES string of the molecule is CCCCCCOC(=O)CCCCCCCC(=O)O.